The van der Waals surface area contributed by atoms with E-state index in [1.54, 1.807) is 20.8 Å². The SMILES string of the molecule is CC(C)(C)OC(=O)N(C[C@@H]1N[C@H](COC(c2ccccc2)(c2ccccc2)c2ccccc2)[C@@H]1c1ccc(Br)cc1)S(=O)(=O)c1ccccc1[N+](=O)[O-]. The molecule has 0 spiro atoms. The molecular weight excluding hydrogens is 758 g/mol. The predicted molar refractivity (Wildman–Crippen MR) is 206 cm³/mol. The Hall–Kier alpha value is -4.88. The maximum Gasteiger partial charge on any atom is 0.424 e. The first-order chi connectivity index (χ1) is 25.3. The molecule has 0 aliphatic carbocycles. The second kappa shape index (κ2) is 15.6. The van der Waals surface area contributed by atoms with Crippen molar-refractivity contribution in [1.29, 1.82) is 0 Å². The number of carbonyl (C=O) groups excluding carboxylic acids is 1. The number of nitro benzene ring substituents is 1. The number of sulfonamides is 1. The zero-order chi connectivity index (χ0) is 37.8. The van der Waals surface area contributed by atoms with Crippen molar-refractivity contribution < 1.29 is 27.6 Å². The molecule has 274 valence electrons. The summed E-state index contributed by atoms with van der Waals surface area (Å²) in [6, 6.07) is 41.7. The number of hydrogen-bond donors (Lipinski definition) is 1. The number of carbonyl (C=O) groups is 1. The van der Waals surface area contributed by atoms with Crippen LogP contribution in [0.1, 0.15) is 48.9 Å². The molecule has 0 saturated carbocycles. The average Bonchev–Trinajstić information content (AvgIpc) is 3.14. The standard InChI is InChI=1S/C41H40BrN3O7S/c1-40(2,3)52-39(46)44(53(49,50)37-22-14-13-21-36(37)45(47)48)27-34-38(29-23-25-33(42)26-24-29)35(43-34)28-51-41(30-15-7-4-8-16-30,31-17-9-5-10-18-31)32-19-11-6-12-20-32/h4-26,34-35,38,43H,27-28H2,1-3H3/t34-,35+,38+/m0/s1. The third-order valence-electron chi connectivity index (χ3n) is 9.16. The summed E-state index contributed by atoms with van der Waals surface area (Å²) in [4.78, 5) is 24.3. The van der Waals surface area contributed by atoms with Crippen LogP contribution >= 0.6 is 15.9 Å². The minimum absolute atomic E-state index is 0.194. The van der Waals surface area contributed by atoms with Crippen molar-refractivity contribution in [3.8, 4) is 0 Å². The van der Waals surface area contributed by atoms with Crippen LogP contribution in [0, 0.1) is 10.1 Å². The molecule has 0 unspecified atom stereocenters. The number of hydrogen-bond acceptors (Lipinski definition) is 8. The Morgan fingerprint density at radius 3 is 1.75 bits per heavy atom. The number of rotatable bonds is 12. The molecule has 1 amide bonds. The summed E-state index contributed by atoms with van der Waals surface area (Å²) in [5.41, 5.74) is 0.997. The number of ether oxygens (including phenoxy) is 2. The minimum Gasteiger partial charge on any atom is -0.443 e. The van der Waals surface area contributed by atoms with E-state index >= 15 is 0 Å². The summed E-state index contributed by atoms with van der Waals surface area (Å²) >= 11 is 3.51. The summed E-state index contributed by atoms with van der Waals surface area (Å²) < 4.78 is 42.6. The third kappa shape index (κ3) is 8.06. The van der Waals surface area contributed by atoms with E-state index in [0.717, 1.165) is 38.9 Å². The highest BCUT2D eigenvalue weighted by atomic mass is 79.9. The first-order valence-corrected chi connectivity index (χ1v) is 19.4. The lowest BCUT2D eigenvalue weighted by atomic mass is 9.76. The van der Waals surface area contributed by atoms with Crippen molar-refractivity contribution in [2.75, 3.05) is 13.2 Å². The zero-order valence-corrected chi connectivity index (χ0v) is 31.9. The molecule has 5 aromatic carbocycles. The van der Waals surface area contributed by atoms with Gasteiger partial charge >= 0.3 is 6.09 Å². The van der Waals surface area contributed by atoms with Gasteiger partial charge in [-0.2, -0.15) is 4.31 Å². The van der Waals surface area contributed by atoms with E-state index in [9.17, 15) is 23.3 Å². The van der Waals surface area contributed by atoms with Crippen molar-refractivity contribution in [2.24, 2.45) is 0 Å². The minimum atomic E-state index is -4.75. The van der Waals surface area contributed by atoms with Gasteiger partial charge in [-0.05, 0) is 61.2 Å². The van der Waals surface area contributed by atoms with Gasteiger partial charge in [0.2, 0.25) is 0 Å². The van der Waals surface area contributed by atoms with Gasteiger partial charge in [0.05, 0.1) is 18.1 Å². The number of nitro groups is 1. The zero-order valence-electron chi connectivity index (χ0n) is 29.5. The first-order valence-electron chi connectivity index (χ1n) is 17.1. The van der Waals surface area contributed by atoms with Crippen LogP contribution in [0.4, 0.5) is 10.5 Å². The Morgan fingerprint density at radius 2 is 1.26 bits per heavy atom. The molecule has 5 aromatic rings. The number of amides is 1. The average molecular weight is 799 g/mol. The summed E-state index contributed by atoms with van der Waals surface area (Å²) in [5, 5.41) is 15.4. The fraction of sp³-hybridized carbons (Fsp3) is 0.244. The molecule has 10 nitrogen and oxygen atoms in total. The fourth-order valence-electron chi connectivity index (χ4n) is 6.80. The Balaban J connectivity index is 1.39. The first kappa shape index (κ1) is 37.9. The van der Waals surface area contributed by atoms with Gasteiger partial charge in [0.1, 0.15) is 11.2 Å². The van der Waals surface area contributed by atoms with Crippen LogP contribution < -0.4 is 5.32 Å². The molecular formula is C41H40BrN3O7S. The number of nitrogens with zero attached hydrogens (tertiary/aromatic N) is 2. The van der Waals surface area contributed by atoms with Gasteiger partial charge in [-0.3, -0.25) is 10.1 Å². The summed E-state index contributed by atoms with van der Waals surface area (Å²) in [6.07, 6.45) is -1.14. The Morgan fingerprint density at radius 1 is 0.774 bits per heavy atom. The molecule has 1 aliphatic heterocycles. The van der Waals surface area contributed by atoms with Crippen LogP contribution in [0.3, 0.4) is 0 Å². The van der Waals surface area contributed by atoms with Crippen LogP contribution in [0.5, 0.6) is 0 Å². The second-order valence-corrected chi connectivity index (χ2v) is 16.5. The normalized spacial score (nSPS) is 17.4. The predicted octanol–water partition coefficient (Wildman–Crippen LogP) is 8.42. The topological polar surface area (TPSA) is 128 Å². The summed E-state index contributed by atoms with van der Waals surface area (Å²) in [7, 11) is -4.75. The van der Waals surface area contributed by atoms with Crippen LogP contribution in [-0.4, -0.2) is 54.6 Å². The van der Waals surface area contributed by atoms with E-state index < -0.39 is 48.9 Å². The van der Waals surface area contributed by atoms with Crippen LogP contribution in [0.2, 0.25) is 0 Å². The summed E-state index contributed by atoms with van der Waals surface area (Å²) in [5.74, 6) is -0.339. The van der Waals surface area contributed by atoms with Crippen molar-refractivity contribution in [1.82, 2.24) is 9.62 Å². The molecule has 1 saturated heterocycles. The molecule has 3 atom stereocenters. The maximum atomic E-state index is 14.2. The van der Waals surface area contributed by atoms with E-state index in [0.29, 0.717) is 4.31 Å². The largest absolute Gasteiger partial charge is 0.443 e. The molecule has 1 fully saturated rings. The maximum absolute atomic E-state index is 14.2. The van der Waals surface area contributed by atoms with Crippen molar-refractivity contribution in [3.05, 3.63) is 176 Å². The third-order valence-corrected chi connectivity index (χ3v) is 11.5. The molecule has 12 heteroatoms. The summed E-state index contributed by atoms with van der Waals surface area (Å²) in [6.45, 7) is 4.71. The molecule has 1 N–H and O–H groups in total. The van der Waals surface area contributed by atoms with Gasteiger partial charge in [-0.1, -0.05) is 131 Å². The number of para-hydroxylation sites is 1. The van der Waals surface area contributed by atoms with E-state index in [1.165, 1.54) is 12.1 Å². The number of halogens is 1. The fourth-order valence-corrected chi connectivity index (χ4v) is 8.55. The van der Waals surface area contributed by atoms with Gasteiger partial charge in [-0.25, -0.2) is 13.2 Å². The molecule has 6 rings (SSSR count). The van der Waals surface area contributed by atoms with Gasteiger partial charge in [-0.15, -0.1) is 0 Å². The van der Waals surface area contributed by atoms with E-state index in [4.69, 9.17) is 9.47 Å². The van der Waals surface area contributed by atoms with Crippen molar-refractivity contribution in [2.45, 2.75) is 54.9 Å². The van der Waals surface area contributed by atoms with E-state index in [2.05, 4.69) is 21.2 Å². The lowest BCUT2D eigenvalue weighted by molar-refractivity contribution is -0.387. The molecule has 53 heavy (non-hydrogen) atoms. The van der Waals surface area contributed by atoms with Crippen LogP contribution in [-0.2, 0) is 25.1 Å². The van der Waals surface area contributed by atoms with E-state index in [1.807, 2.05) is 115 Å². The Kier molecular flexibility index (Phi) is 11.2. The van der Waals surface area contributed by atoms with Gasteiger partial charge < -0.3 is 14.8 Å². The molecule has 0 aromatic heterocycles. The molecule has 1 aliphatic rings. The van der Waals surface area contributed by atoms with Crippen molar-refractivity contribution in [3.63, 3.8) is 0 Å². The van der Waals surface area contributed by atoms with Gasteiger partial charge in [0.15, 0.2) is 4.90 Å². The Labute approximate surface area is 318 Å². The number of benzene rings is 5. The monoisotopic (exact) mass is 797 g/mol. The smallest absolute Gasteiger partial charge is 0.424 e. The second-order valence-electron chi connectivity index (χ2n) is 13.8. The molecule has 0 bridgehead atoms. The van der Waals surface area contributed by atoms with Gasteiger partial charge in [0, 0.05) is 28.5 Å². The lowest BCUT2D eigenvalue weighted by Crippen LogP contribution is -2.66. The van der Waals surface area contributed by atoms with Crippen LogP contribution in [0.25, 0.3) is 0 Å². The number of nitrogens with one attached hydrogen (secondary N) is 1. The Bertz CT molecular complexity index is 2050. The van der Waals surface area contributed by atoms with Crippen molar-refractivity contribution >= 4 is 37.7 Å². The highest BCUT2D eigenvalue weighted by molar-refractivity contribution is 9.10. The quantitative estimate of drug-likeness (QED) is 0.0758. The highest BCUT2D eigenvalue weighted by Gasteiger charge is 2.48. The van der Waals surface area contributed by atoms with Crippen LogP contribution in [0.15, 0.2) is 149 Å². The molecule has 0 radical (unpaired) electrons. The molecule has 1 heterocycles. The van der Waals surface area contributed by atoms with E-state index in [-0.39, 0.29) is 25.1 Å². The highest BCUT2D eigenvalue weighted by Crippen LogP contribution is 2.43. The lowest BCUT2D eigenvalue weighted by Gasteiger charge is -2.49. The van der Waals surface area contributed by atoms with Gasteiger partial charge in [0.25, 0.3) is 15.7 Å².